The molecule has 1 aliphatic rings. The first-order valence-corrected chi connectivity index (χ1v) is 8.26. The van der Waals surface area contributed by atoms with Crippen LogP contribution in [-0.4, -0.2) is 32.6 Å². The first-order valence-electron chi connectivity index (χ1n) is 7.38. The Balaban J connectivity index is 1.92. The van der Waals surface area contributed by atoms with Gasteiger partial charge in [-0.25, -0.2) is 19.7 Å². The maximum absolute atomic E-state index is 11.0. The molecule has 116 valence electrons. The third kappa shape index (κ3) is 2.81. The number of carboxylic acid groups (broad SMARTS) is 1. The molecular weight excluding hydrogens is 300 g/mol. The zero-order valence-electron chi connectivity index (χ0n) is 12.6. The van der Waals surface area contributed by atoms with Crippen LogP contribution in [0.2, 0.25) is 0 Å². The molecule has 0 saturated carbocycles. The second-order valence-corrected chi connectivity index (χ2v) is 6.25. The lowest BCUT2D eigenvalue weighted by atomic mass is 10.2. The summed E-state index contributed by atoms with van der Waals surface area (Å²) in [5, 5.41) is 11.5. The zero-order chi connectivity index (χ0) is 15.7. The lowest BCUT2D eigenvalue weighted by Gasteiger charge is -2.24. The van der Waals surface area contributed by atoms with Gasteiger partial charge in [0.15, 0.2) is 5.69 Å². The van der Waals surface area contributed by atoms with Crippen molar-refractivity contribution in [2.45, 2.75) is 39.2 Å². The molecule has 1 atom stereocenters. The predicted molar refractivity (Wildman–Crippen MR) is 84.5 cm³/mol. The van der Waals surface area contributed by atoms with E-state index in [4.69, 9.17) is 5.11 Å². The number of rotatable bonds is 4. The number of aromatic carboxylic acids is 1. The molecule has 2 aromatic heterocycles. The fourth-order valence-corrected chi connectivity index (χ4v) is 3.69. The van der Waals surface area contributed by atoms with E-state index < -0.39 is 5.97 Å². The second-order valence-electron chi connectivity index (χ2n) is 5.36. The summed E-state index contributed by atoms with van der Waals surface area (Å²) in [6.07, 6.45) is 2.82. The number of nitrogens with zero attached hydrogens (tertiary/aromatic N) is 4. The lowest BCUT2D eigenvalue weighted by Crippen LogP contribution is -2.24. The van der Waals surface area contributed by atoms with Gasteiger partial charge in [0.25, 0.3) is 0 Å². The van der Waals surface area contributed by atoms with Gasteiger partial charge >= 0.3 is 5.97 Å². The SMILES string of the molecule is CCc1nc(C)cc(N2CCCC2c2nc(C(=O)O)cs2)n1. The summed E-state index contributed by atoms with van der Waals surface area (Å²) in [6, 6.07) is 2.10. The smallest absolute Gasteiger partial charge is 0.355 e. The van der Waals surface area contributed by atoms with Gasteiger partial charge < -0.3 is 10.0 Å². The number of carbonyl (C=O) groups is 1. The van der Waals surface area contributed by atoms with Gasteiger partial charge in [-0.2, -0.15) is 0 Å². The van der Waals surface area contributed by atoms with Crippen molar-refractivity contribution in [2.24, 2.45) is 0 Å². The molecule has 0 amide bonds. The molecular formula is C15H18N4O2S. The molecule has 1 aliphatic heterocycles. The van der Waals surface area contributed by atoms with E-state index in [1.165, 1.54) is 11.3 Å². The zero-order valence-corrected chi connectivity index (χ0v) is 13.4. The Labute approximate surface area is 132 Å². The van der Waals surface area contributed by atoms with Crippen molar-refractivity contribution >= 4 is 23.1 Å². The third-order valence-electron chi connectivity index (χ3n) is 3.78. The fourth-order valence-electron chi connectivity index (χ4n) is 2.75. The predicted octanol–water partition coefficient (Wildman–Crippen LogP) is 2.84. The van der Waals surface area contributed by atoms with E-state index in [1.807, 2.05) is 19.9 Å². The van der Waals surface area contributed by atoms with Crippen molar-refractivity contribution in [3.05, 3.63) is 33.7 Å². The first-order chi connectivity index (χ1) is 10.6. The largest absolute Gasteiger partial charge is 0.476 e. The van der Waals surface area contributed by atoms with Crippen LogP contribution in [0.15, 0.2) is 11.4 Å². The van der Waals surface area contributed by atoms with Crippen molar-refractivity contribution in [1.29, 1.82) is 0 Å². The van der Waals surface area contributed by atoms with Crippen LogP contribution in [0.25, 0.3) is 0 Å². The van der Waals surface area contributed by atoms with E-state index in [0.29, 0.717) is 0 Å². The van der Waals surface area contributed by atoms with Gasteiger partial charge in [-0.05, 0) is 19.8 Å². The maximum Gasteiger partial charge on any atom is 0.355 e. The van der Waals surface area contributed by atoms with Gasteiger partial charge in [0.05, 0.1) is 6.04 Å². The Morgan fingerprint density at radius 2 is 2.27 bits per heavy atom. The monoisotopic (exact) mass is 318 g/mol. The molecule has 2 aromatic rings. The molecule has 1 unspecified atom stereocenters. The first kappa shape index (κ1) is 14.9. The molecule has 7 heteroatoms. The van der Waals surface area contributed by atoms with Crippen molar-refractivity contribution in [3.63, 3.8) is 0 Å². The summed E-state index contributed by atoms with van der Waals surface area (Å²) in [5.74, 6) is 0.781. The van der Waals surface area contributed by atoms with Crippen molar-refractivity contribution < 1.29 is 9.90 Å². The number of thiazole rings is 1. The minimum atomic E-state index is -0.974. The molecule has 22 heavy (non-hydrogen) atoms. The summed E-state index contributed by atoms with van der Waals surface area (Å²) in [4.78, 5) is 26.6. The van der Waals surface area contributed by atoms with Crippen LogP contribution in [0.1, 0.15) is 52.8 Å². The maximum atomic E-state index is 11.0. The van der Waals surface area contributed by atoms with E-state index in [2.05, 4.69) is 19.9 Å². The Morgan fingerprint density at radius 3 is 2.95 bits per heavy atom. The molecule has 0 spiro atoms. The summed E-state index contributed by atoms with van der Waals surface area (Å²) >= 11 is 1.41. The molecule has 1 N–H and O–H groups in total. The number of hydrogen-bond donors (Lipinski definition) is 1. The molecule has 0 radical (unpaired) electrons. The van der Waals surface area contributed by atoms with Gasteiger partial charge in [0.2, 0.25) is 0 Å². The third-order valence-corrected chi connectivity index (χ3v) is 4.72. The highest BCUT2D eigenvalue weighted by molar-refractivity contribution is 7.09. The average molecular weight is 318 g/mol. The van der Waals surface area contributed by atoms with Crippen LogP contribution < -0.4 is 4.90 Å². The standard InChI is InChI=1S/C15H18N4O2S/c1-3-12-16-9(2)7-13(18-12)19-6-4-5-11(19)14-17-10(8-22-14)15(20)21/h7-8,11H,3-6H2,1-2H3,(H,20,21). The quantitative estimate of drug-likeness (QED) is 0.934. The normalized spacial score (nSPS) is 17.9. The molecule has 0 bridgehead atoms. The Bertz CT molecular complexity index is 701. The lowest BCUT2D eigenvalue weighted by molar-refractivity contribution is 0.0691. The molecule has 1 fully saturated rings. The topological polar surface area (TPSA) is 79.2 Å². The number of hydrogen-bond acceptors (Lipinski definition) is 6. The summed E-state index contributed by atoms with van der Waals surface area (Å²) in [5.41, 5.74) is 1.08. The highest BCUT2D eigenvalue weighted by Gasteiger charge is 2.30. The van der Waals surface area contributed by atoms with Gasteiger partial charge in [-0.1, -0.05) is 6.92 Å². The van der Waals surface area contributed by atoms with Crippen LogP contribution in [0.4, 0.5) is 5.82 Å². The van der Waals surface area contributed by atoms with Gasteiger partial charge in [0, 0.05) is 30.1 Å². The summed E-state index contributed by atoms with van der Waals surface area (Å²) < 4.78 is 0. The summed E-state index contributed by atoms with van der Waals surface area (Å²) in [7, 11) is 0. The number of aryl methyl sites for hydroxylation is 2. The van der Waals surface area contributed by atoms with Crippen LogP contribution >= 0.6 is 11.3 Å². The number of anilines is 1. The molecule has 0 aromatic carbocycles. The van der Waals surface area contributed by atoms with Gasteiger partial charge in [-0.3, -0.25) is 0 Å². The number of carboxylic acids is 1. The molecule has 3 heterocycles. The Morgan fingerprint density at radius 1 is 1.45 bits per heavy atom. The molecule has 3 rings (SSSR count). The van der Waals surface area contributed by atoms with Crippen molar-refractivity contribution in [1.82, 2.24) is 15.0 Å². The van der Waals surface area contributed by atoms with Crippen LogP contribution in [-0.2, 0) is 6.42 Å². The summed E-state index contributed by atoms with van der Waals surface area (Å²) in [6.45, 7) is 4.92. The van der Waals surface area contributed by atoms with E-state index in [-0.39, 0.29) is 11.7 Å². The van der Waals surface area contributed by atoms with Crippen LogP contribution in [0, 0.1) is 6.92 Å². The molecule has 6 nitrogen and oxygen atoms in total. The number of aromatic nitrogens is 3. The van der Waals surface area contributed by atoms with E-state index in [1.54, 1.807) is 5.38 Å². The molecule has 1 saturated heterocycles. The Kier molecular flexibility index (Phi) is 4.06. The minimum Gasteiger partial charge on any atom is -0.476 e. The van der Waals surface area contributed by atoms with E-state index >= 15 is 0 Å². The van der Waals surface area contributed by atoms with E-state index in [9.17, 15) is 4.79 Å². The van der Waals surface area contributed by atoms with Crippen molar-refractivity contribution in [2.75, 3.05) is 11.4 Å². The van der Waals surface area contributed by atoms with Crippen molar-refractivity contribution in [3.8, 4) is 0 Å². The average Bonchev–Trinajstić information content (AvgIpc) is 3.15. The minimum absolute atomic E-state index is 0.108. The van der Waals surface area contributed by atoms with Gasteiger partial charge in [-0.15, -0.1) is 11.3 Å². The van der Waals surface area contributed by atoms with Crippen LogP contribution in [0.3, 0.4) is 0 Å². The molecule has 0 aliphatic carbocycles. The highest BCUT2D eigenvalue weighted by atomic mass is 32.1. The fraction of sp³-hybridized carbons (Fsp3) is 0.467. The Hall–Kier alpha value is -2.02. The van der Waals surface area contributed by atoms with E-state index in [0.717, 1.165) is 48.2 Å². The second kappa shape index (κ2) is 6.00. The highest BCUT2D eigenvalue weighted by Crippen LogP contribution is 2.36. The van der Waals surface area contributed by atoms with Gasteiger partial charge in [0.1, 0.15) is 16.6 Å². The van der Waals surface area contributed by atoms with Crippen LogP contribution in [0.5, 0.6) is 0 Å².